The Balaban J connectivity index is 1.84. The van der Waals surface area contributed by atoms with Gasteiger partial charge in [-0.3, -0.25) is 9.89 Å². The fraction of sp³-hybridized carbons (Fsp3) is 0.625. The molecule has 9 nitrogen and oxygen atoms in total. The molecule has 0 unspecified atom stereocenters. The second kappa shape index (κ2) is 6.57. The van der Waals surface area contributed by atoms with Gasteiger partial charge in [0.05, 0.1) is 5.69 Å². The van der Waals surface area contributed by atoms with Crippen LogP contribution in [0.15, 0.2) is 9.53 Å². The number of carbonyl (C=O) groups is 1. The predicted octanol–water partition coefficient (Wildman–Crippen LogP) is 1.93. The minimum atomic E-state index is -0.535. The molecule has 1 aliphatic rings. The van der Waals surface area contributed by atoms with Gasteiger partial charge < -0.3 is 14.5 Å². The Morgan fingerprint density at radius 1 is 1.31 bits per heavy atom. The number of aromatic nitrogens is 4. The van der Waals surface area contributed by atoms with Crippen molar-refractivity contribution in [3.05, 3.63) is 20.8 Å². The van der Waals surface area contributed by atoms with Crippen molar-refractivity contribution in [2.45, 2.75) is 46.3 Å². The topological polar surface area (TPSA) is 95.8 Å². The van der Waals surface area contributed by atoms with Crippen molar-refractivity contribution in [1.29, 1.82) is 0 Å². The van der Waals surface area contributed by atoms with Crippen LogP contribution in [-0.4, -0.2) is 61.9 Å². The second-order valence-electron chi connectivity index (χ2n) is 7.47. The van der Waals surface area contributed by atoms with Crippen LogP contribution in [0.3, 0.4) is 0 Å². The molecule has 0 aliphatic carbocycles. The number of hydrogen-bond acceptors (Lipinski definition) is 6. The molecule has 0 saturated carbocycles. The monoisotopic (exact) mass is 426 g/mol. The molecule has 142 valence electrons. The largest absolute Gasteiger partial charge is 0.444 e. The lowest BCUT2D eigenvalue weighted by atomic mass is 10.1. The van der Waals surface area contributed by atoms with Gasteiger partial charge in [0.25, 0.3) is 11.3 Å². The standard InChI is InChI=1S/C16H23BrN6O3/c1-9-8-21(6-7-22(9)15(25)26-16(3,4)5)11-10(2)18-14-19-13(17)20-23(14)12(11)24/h9H,6-8H2,1-5H3,(H,18,19,20)/t9-/m1/s1. The summed E-state index contributed by atoms with van der Waals surface area (Å²) in [5.74, 6) is 0.323. The molecule has 1 aliphatic heterocycles. The molecule has 1 N–H and O–H groups in total. The maximum absolute atomic E-state index is 12.9. The summed E-state index contributed by atoms with van der Waals surface area (Å²) < 4.78 is 7.23. The number of carbonyl (C=O) groups excluding carboxylic acids is 1. The van der Waals surface area contributed by atoms with Gasteiger partial charge in [-0.05, 0) is 50.5 Å². The van der Waals surface area contributed by atoms with Gasteiger partial charge in [0.1, 0.15) is 11.3 Å². The van der Waals surface area contributed by atoms with Crippen molar-refractivity contribution in [3.63, 3.8) is 0 Å². The zero-order valence-electron chi connectivity index (χ0n) is 15.5. The molecule has 0 radical (unpaired) electrons. The van der Waals surface area contributed by atoms with Gasteiger partial charge in [-0.1, -0.05) is 0 Å². The number of fused-ring (bicyclic) bond motifs is 1. The first-order valence-corrected chi connectivity index (χ1v) is 9.25. The molecular formula is C16H23BrN6O3. The third-order valence-corrected chi connectivity index (χ3v) is 4.54. The van der Waals surface area contributed by atoms with E-state index >= 15 is 0 Å². The number of aryl methyl sites for hydroxylation is 1. The minimum Gasteiger partial charge on any atom is -0.444 e. The minimum absolute atomic E-state index is 0.0911. The highest BCUT2D eigenvalue weighted by molar-refractivity contribution is 9.10. The van der Waals surface area contributed by atoms with Gasteiger partial charge in [0, 0.05) is 25.7 Å². The van der Waals surface area contributed by atoms with Gasteiger partial charge in [-0.25, -0.2) is 9.78 Å². The number of nitrogens with one attached hydrogen (secondary N) is 1. The molecule has 0 spiro atoms. The quantitative estimate of drug-likeness (QED) is 0.748. The van der Waals surface area contributed by atoms with Crippen molar-refractivity contribution in [1.82, 2.24) is 24.5 Å². The van der Waals surface area contributed by atoms with E-state index < -0.39 is 5.60 Å². The molecule has 0 bridgehead atoms. The van der Waals surface area contributed by atoms with Crippen LogP contribution in [0.5, 0.6) is 0 Å². The maximum atomic E-state index is 12.9. The number of ether oxygens (including phenoxy) is 1. The summed E-state index contributed by atoms with van der Waals surface area (Å²) in [6, 6.07) is -0.0911. The van der Waals surface area contributed by atoms with Crippen LogP contribution in [0.2, 0.25) is 0 Å². The van der Waals surface area contributed by atoms with E-state index in [1.165, 1.54) is 4.52 Å². The van der Waals surface area contributed by atoms with Crippen molar-refractivity contribution >= 4 is 33.5 Å². The first-order chi connectivity index (χ1) is 12.1. The van der Waals surface area contributed by atoms with Crippen molar-refractivity contribution < 1.29 is 9.53 Å². The van der Waals surface area contributed by atoms with Crippen LogP contribution >= 0.6 is 15.9 Å². The number of aromatic amines is 1. The molecule has 2 aromatic rings. The summed E-state index contributed by atoms with van der Waals surface area (Å²) in [4.78, 5) is 37.4. The van der Waals surface area contributed by atoms with E-state index in [9.17, 15) is 9.59 Å². The van der Waals surface area contributed by atoms with E-state index in [4.69, 9.17) is 4.74 Å². The van der Waals surface area contributed by atoms with Gasteiger partial charge in [-0.15, -0.1) is 0 Å². The highest BCUT2D eigenvalue weighted by Crippen LogP contribution is 2.21. The lowest BCUT2D eigenvalue weighted by Crippen LogP contribution is -2.56. The lowest BCUT2D eigenvalue weighted by molar-refractivity contribution is 0.0159. The predicted molar refractivity (Wildman–Crippen MR) is 101 cm³/mol. The number of hydrogen-bond donors (Lipinski definition) is 1. The van der Waals surface area contributed by atoms with Gasteiger partial charge in [0.15, 0.2) is 4.73 Å². The Morgan fingerprint density at radius 2 is 2.00 bits per heavy atom. The number of rotatable bonds is 1. The molecule has 10 heteroatoms. The fourth-order valence-electron chi connectivity index (χ4n) is 3.10. The third-order valence-electron chi connectivity index (χ3n) is 4.19. The van der Waals surface area contributed by atoms with Crippen LogP contribution < -0.4 is 10.5 Å². The van der Waals surface area contributed by atoms with Gasteiger partial charge in [-0.2, -0.15) is 9.50 Å². The van der Waals surface area contributed by atoms with Crippen LogP contribution in [0, 0.1) is 6.92 Å². The average Bonchev–Trinajstić information content (AvgIpc) is 2.86. The smallest absolute Gasteiger partial charge is 0.410 e. The first-order valence-electron chi connectivity index (χ1n) is 8.46. The Hall–Kier alpha value is -2.10. The molecule has 1 saturated heterocycles. The number of piperazine rings is 1. The highest BCUT2D eigenvalue weighted by atomic mass is 79.9. The first kappa shape index (κ1) is 18.7. The van der Waals surface area contributed by atoms with Gasteiger partial charge in [0.2, 0.25) is 0 Å². The Kier molecular flexibility index (Phi) is 4.72. The molecule has 1 amide bonds. The third kappa shape index (κ3) is 3.55. The molecule has 1 atom stereocenters. The molecular weight excluding hydrogens is 404 g/mol. The zero-order chi connectivity index (χ0) is 19.2. The number of H-pyrrole nitrogens is 1. The maximum Gasteiger partial charge on any atom is 0.410 e. The van der Waals surface area contributed by atoms with Crippen LogP contribution in [0.1, 0.15) is 33.4 Å². The van der Waals surface area contributed by atoms with Crippen LogP contribution in [0.25, 0.3) is 5.78 Å². The van der Waals surface area contributed by atoms with E-state index in [0.29, 0.717) is 41.5 Å². The summed E-state index contributed by atoms with van der Waals surface area (Å²) >= 11 is 3.22. The van der Waals surface area contributed by atoms with E-state index in [-0.39, 0.29) is 17.7 Å². The summed E-state index contributed by atoms with van der Waals surface area (Å²) in [7, 11) is 0. The Bertz CT molecular complexity index is 900. The number of halogens is 1. The van der Waals surface area contributed by atoms with Crippen molar-refractivity contribution in [2.75, 3.05) is 24.5 Å². The SMILES string of the molecule is Cc1nc2nc(Br)[nH]n2c(=O)c1N1CCN(C(=O)OC(C)(C)C)[C@H](C)C1. The second-order valence-corrected chi connectivity index (χ2v) is 8.22. The zero-order valence-corrected chi connectivity index (χ0v) is 17.1. The molecule has 1 fully saturated rings. The molecule has 26 heavy (non-hydrogen) atoms. The number of nitrogens with zero attached hydrogens (tertiary/aromatic N) is 5. The molecule has 3 rings (SSSR count). The number of amides is 1. The molecule has 3 heterocycles. The average molecular weight is 427 g/mol. The summed E-state index contributed by atoms with van der Waals surface area (Å²) in [6.07, 6.45) is -0.329. The van der Waals surface area contributed by atoms with Crippen molar-refractivity contribution in [3.8, 4) is 0 Å². The molecule has 0 aromatic carbocycles. The van der Waals surface area contributed by atoms with E-state index in [0.717, 1.165) is 0 Å². The fourth-order valence-corrected chi connectivity index (χ4v) is 3.44. The van der Waals surface area contributed by atoms with E-state index in [2.05, 4.69) is 31.0 Å². The molecule has 2 aromatic heterocycles. The van der Waals surface area contributed by atoms with E-state index in [1.54, 1.807) is 11.8 Å². The van der Waals surface area contributed by atoms with Crippen LogP contribution in [-0.2, 0) is 4.74 Å². The van der Waals surface area contributed by atoms with E-state index in [1.807, 2.05) is 32.6 Å². The highest BCUT2D eigenvalue weighted by Gasteiger charge is 2.32. The summed E-state index contributed by atoms with van der Waals surface area (Å²) in [6.45, 7) is 10.8. The Labute approximate surface area is 159 Å². The Morgan fingerprint density at radius 3 is 2.62 bits per heavy atom. The summed E-state index contributed by atoms with van der Waals surface area (Å²) in [5.41, 5.74) is 0.400. The number of anilines is 1. The van der Waals surface area contributed by atoms with Crippen molar-refractivity contribution in [2.24, 2.45) is 0 Å². The lowest BCUT2D eigenvalue weighted by Gasteiger charge is -2.41. The normalized spacial score (nSPS) is 18.5. The van der Waals surface area contributed by atoms with Gasteiger partial charge >= 0.3 is 6.09 Å². The van der Waals surface area contributed by atoms with Crippen LogP contribution in [0.4, 0.5) is 10.5 Å². The summed E-state index contributed by atoms with van der Waals surface area (Å²) in [5, 5.41) is 2.83.